The molecule has 17 heavy (non-hydrogen) atoms. The summed E-state index contributed by atoms with van der Waals surface area (Å²) < 4.78 is 5.83. The van der Waals surface area contributed by atoms with Gasteiger partial charge >= 0.3 is 0 Å². The van der Waals surface area contributed by atoms with Crippen molar-refractivity contribution in [2.45, 2.75) is 38.8 Å². The Labute approximate surface area is 103 Å². The lowest BCUT2D eigenvalue weighted by Gasteiger charge is -2.18. The molecule has 94 valence electrons. The molecule has 1 unspecified atom stereocenters. The highest BCUT2D eigenvalue weighted by molar-refractivity contribution is 5.39. The Morgan fingerprint density at radius 3 is 2.53 bits per heavy atom. The summed E-state index contributed by atoms with van der Waals surface area (Å²) in [4.78, 5) is 0. The molecular weight excluding hydrogens is 214 g/mol. The minimum Gasteiger partial charge on any atom is -0.491 e. The van der Waals surface area contributed by atoms with E-state index in [1.165, 1.54) is 12.8 Å². The van der Waals surface area contributed by atoms with Crippen molar-refractivity contribution in [3.05, 3.63) is 29.3 Å². The fourth-order valence-electron chi connectivity index (χ4n) is 1.95. The van der Waals surface area contributed by atoms with Crippen molar-refractivity contribution < 1.29 is 9.84 Å². The predicted octanol–water partition coefficient (Wildman–Crippen LogP) is 1.80. The van der Waals surface area contributed by atoms with Crippen LogP contribution in [0.25, 0.3) is 0 Å². The van der Waals surface area contributed by atoms with Gasteiger partial charge in [-0.3, -0.25) is 0 Å². The third kappa shape index (κ3) is 3.45. The van der Waals surface area contributed by atoms with Crippen molar-refractivity contribution >= 4 is 0 Å². The van der Waals surface area contributed by atoms with Gasteiger partial charge in [0.1, 0.15) is 12.4 Å². The minimum absolute atomic E-state index is 0.0431. The average Bonchev–Trinajstić information content (AvgIpc) is 3.10. The highest BCUT2D eigenvalue weighted by Gasteiger charge is 2.24. The van der Waals surface area contributed by atoms with Crippen molar-refractivity contribution in [1.82, 2.24) is 5.32 Å². The fraction of sp³-hybridized carbons (Fsp3) is 0.571. The van der Waals surface area contributed by atoms with Gasteiger partial charge in [-0.25, -0.2) is 0 Å². The molecule has 1 aliphatic carbocycles. The van der Waals surface area contributed by atoms with Crippen LogP contribution in [-0.2, 0) is 0 Å². The number of hydrogen-bond donors (Lipinski definition) is 2. The van der Waals surface area contributed by atoms with Crippen molar-refractivity contribution in [2.75, 3.05) is 13.2 Å². The number of benzene rings is 1. The Bertz CT molecular complexity index is 354. The molecule has 3 nitrogen and oxygen atoms in total. The molecule has 0 saturated heterocycles. The molecule has 0 spiro atoms. The monoisotopic (exact) mass is 235 g/mol. The second-order valence-electron chi connectivity index (χ2n) is 4.85. The van der Waals surface area contributed by atoms with Crippen LogP contribution in [0.4, 0.5) is 0 Å². The van der Waals surface area contributed by atoms with E-state index in [1.54, 1.807) is 0 Å². The van der Waals surface area contributed by atoms with Crippen LogP contribution in [0.2, 0.25) is 0 Å². The van der Waals surface area contributed by atoms with Crippen LogP contribution in [0, 0.1) is 13.8 Å². The quantitative estimate of drug-likeness (QED) is 0.790. The Kier molecular flexibility index (Phi) is 4.02. The normalized spacial score (nSPS) is 16.9. The molecule has 1 aliphatic rings. The predicted molar refractivity (Wildman–Crippen MR) is 68.4 cm³/mol. The molecule has 2 N–H and O–H groups in total. The lowest BCUT2D eigenvalue weighted by atomic mass is 10.1. The van der Waals surface area contributed by atoms with Gasteiger partial charge < -0.3 is 15.2 Å². The van der Waals surface area contributed by atoms with Crippen molar-refractivity contribution in [2.24, 2.45) is 0 Å². The molecule has 2 rings (SSSR count). The van der Waals surface area contributed by atoms with Crippen LogP contribution in [-0.4, -0.2) is 30.4 Å². The maximum atomic E-state index is 9.28. The smallest absolute Gasteiger partial charge is 0.125 e. The maximum absolute atomic E-state index is 9.28. The van der Waals surface area contributed by atoms with E-state index in [0.717, 1.165) is 16.9 Å². The summed E-state index contributed by atoms with van der Waals surface area (Å²) in [5.74, 6) is 0.948. The van der Waals surface area contributed by atoms with Crippen molar-refractivity contribution in [3.8, 4) is 5.75 Å². The standard InChI is InChI=1S/C14H21NO2/c1-10-4-3-5-11(2)14(10)17-9-13(8-16)15-12-6-7-12/h3-5,12-13,15-16H,6-9H2,1-2H3. The lowest BCUT2D eigenvalue weighted by molar-refractivity contribution is 0.181. The van der Waals surface area contributed by atoms with E-state index in [-0.39, 0.29) is 12.6 Å². The fourth-order valence-corrected chi connectivity index (χ4v) is 1.95. The SMILES string of the molecule is Cc1cccc(C)c1OCC(CO)NC1CC1. The second kappa shape index (κ2) is 5.52. The topological polar surface area (TPSA) is 41.5 Å². The lowest BCUT2D eigenvalue weighted by Crippen LogP contribution is -2.39. The Balaban J connectivity index is 1.90. The number of rotatable bonds is 6. The van der Waals surface area contributed by atoms with Gasteiger partial charge in [0.15, 0.2) is 0 Å². The molecule has 1 aromatic carbocycles. The van der Waals surface area contributed by atoms with Crippen molar-refractivity contribution in [1.29, 1.82) is 0 Å². The van der Waals surface area contributed by atoms with Gasteiger partial charge in [-0.1, -0.05) is 18.2 Å². The van der Waals surface area contributed by atoms with E-state index in [2.05, 4.69) is 5.32 Å². The number of nitrogens with one attached hydrogen (secondary N) is 1. The first kappa shape index (κ1) is 12.4. The van der Waals surface area contributed by atoms with Gasteiger partial charge in [0.05, 0.1) is 12.6 Å². The first-order valence-electron chi connectivity index (χ1n) is 6.26. The Hall–Kier alpha value is -1.06. The molecular formula is C14H21NO2. The zero-order chi connectivity index (χ0) is 12.3. The van der Waals surface area contributed by atoms with E-state index in [9.17, 15) is 5.11 Å². The highest BCUT2D eigenvalue weighted by Crippen LogP contribution is 2.23. The van der Waals surface area contributed by atoms with Crippen LogP contribution in [0.1, 0.15) is 24.0 Å². The van der Waals surface area contributed by atoms with Crippen LogP contribution in [0.15, 0.2) is 18.2 Å². The summed E-state index contributed by atoms with van der Waals surface area (Å²) in [5, 5.41) is 12.7. The molecule has 3 heteroatoms. The number of aliphatic hydroxyl groups is 1. The molecule has 0 bridgehead atoms. The van der Waals surface area contributed by atoms with Gasteiger partial charge in [0.2, 0.25) is 0 Å². The zero-order valence-corrected chi connectivity index (χ0v) is 10.6. The molecule has 0 aliphatic heterocycles. The molecule has 0 radical (unpaired) electrons. The van der Waals surface area contributed by atoms with Crippen LogP contribution >= 0.6 is 0 Å². The van der Waals surface area contributed by atoms with Gasteiger partial charge in [0, 0.05) is 6.04 Å². The van der Waals surface area contributed by atoms with Gasteiger partial charge in [-0.15, -0.1) is 0 Å². The maximum Gasteiger partial charge on any atom is 0.125 e. The summed E-state index contributed by atoms with van der Waals surface area (Å²) in [6.07, 6.45) is 2.44. The third-order valence-electron chi connectivity index (χ3n) is 3.11. The number of aryl methyl sites for hydroxylation is 2. The largest absolute Gasteiger partial charge is 0.491 e. The van der Waals surface area contributed by atoms with Crippen LogP contribution < -0.4 is 10.1 Å². The first-order valence-corrected chi connectivity index (χ1v) is 6.26. The molecule has 1 fully saturated rings. The summed E-state index contributed by atoms with van der Waals surface area (Å²) in [6, 6.07) is 6.76. The summed E-state index contributed by atoms with van der Waals surface area (Å²) >= 11 is 0. The highest BCUT2D eigenvalue weighted by atomic mass is 16.5. The average molecular weight is 235 g/mol. The summed E-state index contributed by atoms with van der Waals surface area (Å²) in [7, 11) is 0. The minimum atomic E-state index is 0.0431. The summed E-state index contributed by atoms with van der Waals surface area (Å²) in [5.41, 5.74) is 2.29. The number of hydrogen-bond acceptors (Lipinski definition) is 3. The van der Waals surface area contributed by atoms with Gasteiger partial charge in [0.25, 0.3) is 0 Å². The van der Waals surface area contributed by atoms with Gasteiger partial charge in [-0.2, -0.15) is 0 Å². The van der Waals surface area contributed by atoms with Crippen molar-refractivity contribution in [3.63, 3.8) is 0 Å². The van der Waals surface area contributed by atoms with E-state index in [0.29, 0.717) is 12.6 Å². The van der Waals surface area contributed by atoms with E-state index >= 15 is 0 Å². The molecule has 1 atom stereocenters. The van der Waals surface area contributed by atoms with Gasteiger partial charge in [-0.05, 0) is 37.8 Å². The Morgan fingerprint density at radius 1 is 1.35 bits per heavy atom. The number of aliphatic hydroxyl groups excluding tert-OH is 1. The second-order valence-corrected chi connectivity index (χ2v) is 4.85. The first-order chi connectivity index (χ1) is 8.20. The zero-order valence-electron chi connectivity index (χ0n) is 10.6. The summed E-state index contributed by atoms with van der Waals surface area (Å²) in [6.45, 7) is 4.75. The number of para-hydroxylation sites is 1. The molecule has 0 heterocycles. The van der Waals surface area contributed by atoms with E-state index in [4.69, 9.17) is 4.74 Å². The molecule has 1 saturated carbocycles. The Morgan fingerprint density at radius 2 is 2.00 bits per heavy atom. The van der Waals surface area contributed by atoms with Crippen LogP contribution in [0.3, 0.4) is 0 Å². The van der Waals surface area contributed by atoms with E-state index in [1.807, 2.05) is 32.0 Å². The number of ether oxygens (including phenoxy) is 1. The molecule has 0 aromatic heterocycles. The van der Waals surface area contributed by atoms with Crippen LogP contribution in [0.5, 0.6) is 5.75 Å². The molecule has 1 aromatic rings. The molecule has 0 amide bonds. The third-order valence-corrected chi connectivity index (χ3v) is 3.11. The van der Waals surface area contributed by atoms with E-state index < -0.39 is 0 Å².